The molecule has 4 rings (SSSR count). The first-order valence-corrected chi connectivity index (χ1v) is 11.1. The van der Waals surface area contributed by atoms with Gasteiger partial charge in [-0.1, -0.05) is 6.07 Å². The molecule has 1 unspecified atom stereocenters. The van der Waals surface area contributed by atoms with Crippen LogP contribution in [0.2, 0.25) is 0 Å². The van der Waals surface area contributed by atoms with E-state index in [0.29, 0.717) is 47.2 Å². The Hall–Kier alpha value is -2.82. The quantitative estimate of drug-likeness (QED) is 0.549. The standard InChI is InChI=1S/C22H25FN4O4S/c1-12-18-20(24-13(2)14-4-5-16(30-3)15(23)10-14)25-17(11-27-6-8-31-9-7-27)26-21(18)32-19(12)22(28)29/h4-5,10,13H,6-9,11H2,1-3H3,(H,28,29)(H,24,25,26). The lowest BCUT2D eigenvalue weighted by Crippen LogP contribution is -2.36. The van der Waals surface area contributed by atoms with Crippen molar-refractivity contribution in [1.82, 2.24) is 14.9 Å². The van der Waals surface area contributed by atoms with Crippen molar-refractivity contribution in [2.24, 2.45) is 0 Å². The van der Waals surface area contributed by atoms with Crippen LogP contribution in [0, 0.1) is 12.7 Å². The molecule has 8 nitrogen and oxygen atoms in total. The number of carboxylic acids is 1. The van der Waals surface area contributed by atoms with E-state index in [1.807, 2.05) is 6.92 Å². The van der Waals surface area contributed by atoms with Gasteiger partial charge in [-0.15, -0.1) is 11.3 Å². The summed E-state index contributed by atoms with van der Waals surface area (Å²) in [5, 5.41) is 13.6. The van der Waals surface area contributed by atoms with Crippen LogP contribution in [0.4, 0.5) is 10.2 Å². The van der Waals surface area contributed by atoms with E-state index < -0.39 is 11.8 Å². The number of methoxy groups -OCH3 is 1. The summed E-state index contributed by atoms with van der Waals surface area (Å²) in [5.74, 6) is -0.106. The number of rotatable bonds is 7. The Balaban J connectivity index is 1.71. The number of ether oxygens (including phenoxy) is 2. The maximum absolute atomic E-state index is 14.2. The SMILES string of the molecule is COc1ccc(C(C)Nc2nc(CN3CCOCC3)nc3sc(C(=O)O)c(C)c23)cc1F. The zero-order chi connectivity index (χ0) is 22.8. The van der Waals surface area contributed by atoms with Crippen LogP contribution in [0.25, 0.3) is 10.2 Å². The summed E-state index contributed by atoms with van der Waals surface area (Å²) in [6.07, 6.45) is 0. The maximum atomic E-state index is 14.2. The Morgan fingerprint density at radius 2 is 2.12 bits per heavy atom. The van der Waals surface area contributed by atoms with Gasteiger partial charge in [0.1, 0.15) is 21.3 Å². The lowest BCUT2D eigenvalue weighted by molar-refractivity contribution is 0.0331. The fraction of sp³-hybridized carbons (Fsp3) is 0.409. The van der Waals surface area contributed by atoms with Crippen LogP contribution in [0.3, 0.4) is 0 Å². The number of morpholine rings is 1. The predicted octanol–water partition coefficient (Wildman–Crippen LogP) is 3.85. The molecule has 0 spiro atoms. The minimum Gasteiger partial charge on any atom is -0.494 e. The smallest absolute Gasteiger partial charge is 0.346 e. The third kappa shape index (κ3) is 4.52. The van der Waals surface area contributed by atoms with Crippen molar-refractivity contribution in [2.75, 3.05) is 38.7 Å². The van der Waals surface area contributed by atoms with Gasteiger partial charge >= 0.3 is 5.97 Å². The van der Waals surface area contributed by atoms with E-state index in [0.717, 1.165) is 30.0 Å². The highest BCUT2D eigenvalue weighted by atomic mass is 32.1. The summed E-state index contributed by atoms with van der Waals surface area (Å²) < 4.78 is 24.6. The predicted molar refractivity (Wildman–Crippen MR) is 120 cm³/mol. The number of hydrogen-bond acceptors (Lipinski definition) is 8. The van der Waals surface area contributed by atoms with Crippen LogP contribution in [-0.2, 0) is 11.3 Å². The average molecular weight is 461 g/mol. The van der Waals surface area contributed by atoms with E-state index in [1.54, 1.807) is 19.1 Å². The van der Waals surface area contributed by atoms with Crippen LogP contribution in [0.15, 0.2) is 18.2 Å². The molecule has 10 heteroatoms. The largest absolute Gasteiger partial charge is 0.494 e. The van der Waals surface area contributed by atoms with Crippen molar-refractivity contribution < 1.29 is 23.8 Å². The van der Waals surface area contributed by atoms with Crippen molar-refractivity contribution in [3.8, 4) is 5.75 Å². The lowest BCUT2D eigenvalue weighted by Gasteiger charge is -2.26. The molecule has 0 amide bonds. The normalized spacial score (nSPS) is 15.6. The molecule has 0 saturated carbocycles. The van der Waals surface area contributed by atoms with E-state index >= 15 is 0 Å². The molecule has 0 bridgehead atoms. The van der Waals surface area contributed by atoms with Crippen LogP contribution in [0.5, 0.6) is 5.75 Å². The topological polar surface area (TPSA) is 96.8 Å². The highest BCUT2D eigenvalue weighted by molar-refractivity contribution is 7.20. The number of aromatic nitrogens is 2. The Bertz CT molecular complexity index is 1150. The number of fused-ring (bicyclic) bond motifs is 1. The first-order valence-electron chi connectivity index (χ1n) is 10.3. The fourth-order valence-corrected chi connectivity index (χ4v) is 4.80. The molecule has 3 aromatic rings. The molecule has 2 N–H and O–H groups in total. The molecule has 3 heterocycles. The van der Waals surface area contributed by atoms with Gasteiger partial charge in [-0.05, 0) is 37.1 Å². The van der Waals surface area contributed by atoms with Crippen LogP contribution < -0.4 is 10.1 Å². The minimum absolute atomic E-state index is 0.179. The molecule has 1 aromatic carbocycles. The van der Waals surface area contributed by atoms with Gasteiger partial charge in [0.15, 0.2) is 11.6 Å². The van der Waals surface area contributed by atoms with Gasteiger partial charge < -0.3 is 19.9 Å². The summed E-state index contributed by atoms with van der Waals surface area (Å²) in [4.78, 5) is 24.2. The number of carboxylic acid groups (broad SMARTS) is 1. The average Bonchev–Trinajstić information content (AvgIpc) is 3.11. The number of nitrogens with one attached hydrogen (secondary N) is 1. The second-order valence-electron chi connectivity index (χ2n) is 7.68. The zero-order valence-corrected chi connectivity index (χ0v) is 19.0. The molecule has 1 fully saturated rings. The Morgan fingerprint density at radius 3 is 2.78 bits per heavy atom. The first kappa shape index (κ1) is 22.4. The molecule has 1 saturated heterocycles. The van der Waals surface area contributed by atoms with Gasteiger partial charge in [-0.3, -0.25) is 4.90 Å². The summed E-state index contributed by atoms with van der Waals surface area (Å²) in [5.41, 5.74) is 1.34. The van der Waals surface area contributed by atoms with E-state index in [1.165, 1.54) is 13.2 Å². The molecule has 2 aromatic heterocycles. The minimum atomic E-state index is -0.989. The van der Waals surface area contributed by atoms with E-state index in [9.17, 15) is 14.3 Å². The highest BCUT2D eigenvalue weighted by Crippen LogP contribution is 2.35. The van der Waals surface area contributed by atoms with Crippen molar-refractivity contribution in [3.63, 3.8) is 0 Å². The van der Waals surface area contributed by atoms with Crippen molar-refractivity contribution in [2.45, 2.75) is 26.4 Å². The van der Waals surface area contributed by atoms with Gasteiger partial charge in [-0.25, -0.2) is 19.2 Å². The Kier molecular flexibility index (Phi) is 6.54. The molecule has 1 aliphatic rings. The monoisotopic (exact) mass is 460 g/mol. The number of aromatic carboxylic acids is 1. The van der Waals surface area contributed by atoms with E-state index in [4.69, 9.17) is 14.5 Å². The van der Waals surface area contributed by atoms with Gasteiger partial charge in [0.2, 0.25) is 0 Å². The van der Waals surface area contributed by atoms with E-state index in [2.05, 4.69) is 15.2 Å². The molecule has 0 aliphatic carbocycles. The summed E-state index contributed by atoms with van der Waals surface area (Å²) >= 11 is 1.14. The molecule has 1 atom stereocenters. The fourth-order valence-electron chi connectivity index (χ4n) is 3.76. The second kappa shape index (κ2) is 9.35. The van der Waals surface area contributed by atoms with Crippen molar-refractivity contribution >= 4 is 33.3 Å². The number of thiophene rings is 1. The Labute approximate surface area is 189 Å². The number of nitrogens with zero attached hydrogens (tertiary/aromatic N) is 3. The zero-order valence-electron chi connectivity index (χ0n) is 18.1. The van der Waals surface area contributed by atoms with Crippen molar-refractivity contribution in [1.29, 1.82) is 0 Å². The lowest BCUT2D eigenvalue weighted by atomic mass is 10.1. The van der Waals surface area contributed by atoms with Crippen LogP contribution in [0.1, 0.15) is 39.6 Å². The third-order valence-corrected chi connectivity index (χ3v) is 6.70. The molecular weight excluding hydrogens is 435 g/mol. The third-order valence-electron chi connectivity index (χ3n) is 5.53. The molecule has 0 radical (unpaired) electrons. The van der Waals surface area contributed by atoms with Gasteiger partial charge in [0.05, 0.1) is 38.3 Å². The molecule has 1 aliphatic heterocycles. The van der Waals surface area contributed by atoms with Gasteiger partial charge in [0, 0.05) is 13.1 Å². The number of hydrogen-bond donors (Lipinski definition) is 2. The number of anilines is 1. The number of benzene rings is 1. The second-order valence-corrected chi connectivity index (χ2v) is 8.68. The van der Waals surface area contributed by atoms with Gasteiger partial charge in [-0.2, -0.15) is 0 Å². The summed E-state index contributed by atoms with van der Waals surface area (Å²) in [7, 11) is 1.42. The van der Waals surface area contributed by atoms with E-state index in [-0.39, 0.29) is 16.7 Å². The summed E-state index contributed by atoms with van der Waals surface area (Å²) in [6, 6.07) is 4.51. The Morgan fingerprint density at radius 1 is 1.38 bits per heavy atom. The molecular formula is C22H25FN4O4S. The summed E-state index contributed by atoms with van der Waals surface area (Å²) in [6.45, 7) is 7.10. The maximum Gasteiger partial charge on any atom is 0.346 e. The van der Waals surface area contributed by atoms with Gasteiger partial charge in [0.25, 0.3) is 0 Å². The highest BCUT2D eigenvalue weighted by Gasteiger charge is 2.22. The molecule has 170 valence electrons. The first-order chi connectivity index (χ1) is 15.4. The number of carbonyl (C=O) groups is 1. The number of aryl methyl sites for hydroxylation is 1. The molecule has 32 heavy (non-hydrogen) atoms. The van der Waals surface area contributed by atoms with Crippen molar-refractivity contribution in [3.05, 3.63) is 45.8 Å². The van der Waals surface area contributed by atoms with Crippen LogP contribution >= 0.6 is 11.3 Å². The number of halogens is 1. The van der Waals surface area contributed by atoms with Crippen LogP contribution in [-0.4, -0.2) is 59.4 Å².